The molecule has 0 unspecified atom stereocenters. The van der Waals surface area contributed by atoms with Crippen molar-refractivity contribution in [3.63, 3.8) is 0 Å². The summed E-state index contributed by atoms with van der Waals surface area (Å²) in [5.41, 5.74) is 2.93. The normalized spacial score (nSPS) is 11.0. The molecule has 0 aliphatic carbocycles. The zero-order chi connectivity index (χ0) is 17.4. The van der Waals surface area contributed by atoms with E-state index < -0.39 is 0 Å². The molecule has 3 heterocycles. The largest absolute Gasteiger partial charge is 0.334 e. The van der Waals surface area contributed by atoms with Crippen molar-refractivity contribution in [2.75, 3.05) is 5.32 Å². The number of hydrogen-bond donors (Lipinski definition) is 1. The summed E-state index contributed by atoms with van der Waals surface area (Å²) >= 11 is 1.32. The van der Waals surface area contributed by atoms with Crippen LogP contribution in [0.4, 0.5) is 5.82 Å². The molecule has 4 aromatic rings. The van der Waals surface area contributed by atoms with Gasteiger partial charge in [0.15, 0.2) is 5.01 Å². The van der Waals surface area contributed by atoms with Gasteiger partial charge >= 0.3 is 0 Å². The molecule has 0 aliphatic heterocycles. The molecule has 6 nitrogen and oxygen atoms in total. The highest BCUT2D eigenvalue weighted by Crippen LogP contribution is 2.25. The van der Waals surface area contributed by atoms with Gasteiger partial charge in [-0.15, -0.1) is 11.3 Å². The minimum Gasteiger partial charge on any atom is -0.334 e. The lowest BCUT2D eigenvalue weighted by Crippen LogP contribution is -2.12. The van der Waals surface area contributed by atoms with E-state index in [9.17, 15) is 4.79 Å². The van der Waals surface area contributed by atoms with Gasteiger partial charge in [-0.3, -0.25) is 4.79 Å². The summed E-state index contributed by atoms with van der Waals surface area (Å²) in [6.07, 6.45) is 5.36. The van der Waals surface area contributed by atoms with Crippen LogP contribution in [-0.4, -0.2) is 25.4 Å². The molecular weight excluding hydrogens is 334 g/mol. The summed E-state index contributed by atoms with van der Waals surface area (Å²) in [5.74, 6) is 0.264. The van der Waals surface area contributed by atoms with E-state index in [1.54, 1.807) is 12.5 Å². The molecule has 124 valence electrons. The number of fused-ring (bicyclic) bond motifs is 1. The first-order chi connectivity index (χ1) is 12.1. The highest BCUT2D eigenvalue weighted by atomic mass is 32.1. The van der Waals surface area contributed by atoms with Crippen LogP contribution in [0.15, 0.2) is 48.4 Å². The molecule has 7 heteroatoms. The molecule has 0 fully saturated rings. The van der Waals surface area contributed by atoms with E-state index in [1.807, 2.05) is 48.3 Å². The SMILES string of the molecule is Cc1csc(C(=O)Nc2cc3cc(-c4cncn4C)ccc3cn2)n1. The van der Waals surface area contributed by atoms with Gasteiger partial charge in [-0.05, 0) is 24.4 Å². The molecule has 25 heavy (non-hydrogen) atoms. The van der Waals surface area contributed by atoms with Crippen molar-refractivity contribution >= 4 is 33.8 Å². The standard InChI is InChI=1S/C18H15N5OS/c1-11-9-25-18(21-11)17(24)22-16-6-14-5-12(3-4-13(14)7-20-16)15-8-19-10-23(15)2/h3-10H,1-2H3,(H,20,22,24). The average molecular weight is 349 g/mol. The quantitative estimate of drug-likeness (QED) is 0.613. The number of thiazole rings is 1. The second kappa shape index (κ2) is 6.10. The van der Waals surface area contributed by atoms with Crippen LogP contribution in [0.1, 0.15) is 15.5 Å². The van der Waals surface area contributed by atoms with Crippen LogP contribution in [0, 0.1) is 6.92 Å². The maximum Gasteiger partial charge on any atom is 0.285 e. The molecule has 3 aromatic heterocycles. The third-order valence-electron chi connectivity index (χ3n) is 3.89. The zero-order valence-corrected chi connectivity index (χ0v) is 14.5. The molecule has 0 atom stereocenters. The molecule has 1 amide bonds. The van der Waals surface area contributed by atoms with Crippen molar-refractivity contribution in [3.8, 4) is 11.3 Å². The zero-order valence-electron chi connectivity index (χ0n) is 13.7. The number of hydrogen-bond acceptors (Lipinski definition) is 5. The van der Waals surface area contributed by atoms with Crippen LogP contribution in [0.5, 0.6) is 0 Å². The Morgan fingerprint density at radius 2 is 2.08 bits per heavy atom. The fourth-order valence-corrected chi connectivity index (χ4v) is 3.32. The first-order valence-electron chi connectivity index (χ1n) is 7.70. The second-order valence-electron chi connectivity index (χ2n) is 5.77. The number of aromatic nitrogens is 4. The Balaban J connectivity index is 1.67. The molecule has 1 N–H and O–H groups in total. The lowest BCUT2D eigenvalue weighted by Gasteiger charge is -2.07. The molecule has 0 aliphatic rings. The number of benzene rings is 1. The number of amides is 1. The maximum atomic E-state index is 12.2. The minimum absolute atomic E-state index is 0.243. The van der Waals surface area contributed by atoms with Crippen molar-refractivity contribution < 1.29 is 4.79 Å². The molecule has 4 rings (SSSR count). The Morgan fingerprint density at radius 3 is 2.80 bits per heavy atom. The predicted molar refractivity (Wildman–Crippen MR) is 98.7 cm³/mol. The molecule has 0 saturated heterocycles. The number of pyridine rings is 1. The number of nitrogens with zero attached hydrogens (tertiary/aromatic N) is 4. The number of carbonyl (C=O) groups excluding carboxylic acids is 1. The van der Waals surface area contributed by atoms with E-state index >= 15 is 0 Å². The Kier molecular flexibility index (Phi) is 3.77. The predicted octanol–water partition coefficient (Wildman–Crippen LogP) is 3.65. The van der Waals surface area contributed by atoms with Crippen LogP contribution in [-0.2, 0) is 7.05 Å². The molecule has 0 saturated carbocycles. The lowest BCUT2D eigenvalue weighted by molar-refractivity contribution is 0.102. The average Bonchev–Trinajstić information content (AvgIpc) is 3.22. The number of rotatable bonds is 3. The van der Waals surface area contributed by atoms with Gasteiger partial charge in [-0.25, -0.2) is 15.0 Å². The van der Waals surface area contributed by atoms with E-state index in [0.717, 1.165) is 27.7 Å². The topological polar surface area (TPSA) is 72.7 Å². The molecule has 0 spiro atoms. The first kappa shape index (κ1) is 15.5. The van der Waals surface area contributed by atoms with Gasteiger partial charge in [0.2, 0.25) is 0 Å². The van der Waals surface area contributed by atoms with Crippen LogP contribution in [0.2, 0.25) is 0 Å². The van der Waals surface area contributed by atoms with Crippen molar-refractivity contribution in [2.24, 2.45) is 7.05 Å². The maximum absolute atomic E-state index is 12.2. The van der Waals surface area contributed by atoms with Crippen molar-refractivity contribution in [3.05, 3.63) is 59.1 Å². The van der Waals surface area contributed by atoms with E-state index in [1.165, 1.54) is 11.3 Å². The molecule has 1 aromatic carbocycles. The fraction of sp³-hybridized carbons (Fsp3) is 0.111. The molecule has 0 radical (unpaired) electrons. The van der Waals surface area contributed by atoms with Gasteiger partial charge in [0, 0.05) is 35.3 Å². The van der Waals surface area contributed by atoms with Crippen molar-refractivity contribution in [2.45, 2.75) is 6.92 Å². The highest BCUT2D eigenvalue weighted by molar-refractivity contribution is 7.11. The summed E-state index contributed by atoms with van der Waals surface area (Å²) in [5, 5.41) is 7.10. The van der Waals surface area contributed by atoms with Crippen molar-refractivity contribution in [1.29, 1.82) is 0 Å². The Labute approximate surface area is 148 Å². The van der Waals surface area contributed by atoms with Gasteiger partial charge in [0.1, 0.15) is 5.82 Å². The number of anilines is 1. The number of imidazole rings is 1. The van der Waals surface area contributed by atoms with E-state index in [-0.39, 0.29) is 5.91 Å². The van der Waals surface area contributed by atoms with E-state index in [2.05, 4.69) is 26.3 Å². The summed E-state index contributed by atoms with van der Waals surface area (Å²) in [6, 6.07) is 7.99. The van der Waals surface area contributed by atoms with Gasteiger partial charge in [0.05, 0.1) is 18.2 Å². The van der Waals surface area contributed by atoms with Gasteiger partial charge in [0.25, 0.3) is 5.91 Å². The summed E-state index contributed by atoms with van der Waals surface area (Å²) in [6.45, 7) is 1.86. The number of nitrogens with one attached hydrogen (secondary N) is 1. The van der Waals surface area contributed by atoms with Crippen molar-refractivity contribution in [1.82, 2.24) is 19.5 Å². The van der Waals surface area contributed by atoms with Crippen LogP contribution in [0.3, 0.4) is 0 Å². The lowest BCUT2D eigenvalue weighted by atomic mass is 10.1. The fourth-order valence-electron chi connectivity index (χ4n) is 2.63. The molecule has 0 bridgehead atoms. The summed E-state index contributed by atoms with van der Waals surface area (Å²) in [4.78, 5) is 24.9. The Hall–Kier alpha value is -3.06. The monoisotopic (exact) mass is 349 g/mol. The third-order valence-corrected chi connectivity index (χ3v) is 4.85. The minimum atomic E-state index is -0.243. The van der Waals surface area contributed by atoms with E-state index in [0.29, 0.717) is 10.8 Å². The van der Waals surface area contributed by atoms with E-state index in [4.69, 9.17) is 0 Å². The smallest absolute Gasteiger partial charge is 0.285 e. The van der Waals surface area contributed by atoms with Crippen LogP contribution >= 0.6 is 11.3 Å². The van der Waals surface area contributed by atoms with Crippen LogP contribution in [0.25, 0.3) is 22.0 Å². The number of aryl methyl sites for hydroxylation is 2. The van der Waals surface area contributed by atoms with Gasteiger partial charge in [-0.1, -0.05) is 12.1 Å². The highest BCUT2D eigenvalue weighted by Gasteiger charge is 2.11. The Bertz CT molecular complexity index is 1080. The summed E-state index contributed by atoms with van der Waals surface area (Å²) < 4.78 is 1.97. The van der Waals surface area contributed by atoms with Gasteiger partial charge in [-0.2, -0.15) is 0 Å². The number of carbonyl (C=O) groups is 1. The summed E-state index contributed by atoms with van der Waals surface area (Å²) in [7, 11) is 1.96. The molecular formula is C18H15N5OS. The van der Waals surface area contributed by atoms with Gasteiger partial charge < -0.3 is 9.88 Å². The second-order valence-corrected chi connectivity index (χ2v) is 6.63. The van der Waals surface area contributed by atoms with Crippen LogP contribution < -0.4 is 5.32 Å². The first-order valence-corrected chi connectivity index (χ1v) is 8.58. The third kappa shape index (κ3) is 3.01. The Morgan fingerprint density at radius 1 is 1.20 bits per heavy atom.